The highest BCUT2D eigenvalue weighted by Gasteiger charge is 2.15. The predicted octanol–water partition coefficient (Wildman–Crippen LogP) is 0.791. The van der Waals surface area contributed by atoms with Crippen LogP contribution in [-0.2, 0) is 0 Å². The van der Waals surface area contributed by atoms with Crippen LogP contribution in [0.4, 0.5) is 15.3 Å². The molecule has 0 heterocycles. The molecular formula is C13H18N4O4. The zero-order chi connectivity index (χ0) is 16.0. The summed E-state index contributed by atoms with van der Waals surface area (Å²) in [5.74, 6) is -1.12. The van der Waals surface area contributed by atoms with Gasteiger partial charge in [-0.2, -0.15) is 0 Å². The second kappa shape index (κ2) is 7.13. The number of carbonyl (C=O) groups is 3. The van der Waals surface area contributed by atoms with Gasteiger partial charge in [0, 0.05) is 13.1 Å². The van der Waals surface area contributed by atoms with Gasteiger partial charge in [-0.15, -0.1) is 0 Å². The van der Waals surface area contributed by atoms with Crippen LogP contribution in [0, 0.1) is 13.8 Å². The van der Waals surface area contributed by atoms with E-state index in [1.165, 1.54) is 6.07 Å². The van der Waals surface area contributed by atoms with Crippen LogP contribution in [0.1, 0.15) is 21.5 Å². The van der Waals surface area contributed by atoms with Crippen molar-refractivity contribution in [3.8, 4) is 0 Å². The van der Waals surface area contributed by atoms with Gasteiger partial charge in [-0.1, -0.05) is 6.07 Å². The largest absolute Gasteiger partial charge is 0.478 e. The number of carbonyl (C=O) groups excluding carboxylic acids is 2. The number of hydrogen-bond donors (Lipinski definition) is 5. The normalized spacial score (nSPS) is 9.81. The molecule has 0 aliphatic rings. The molecule has 0 fully saturated rings. The number of anilines is 1. The lowest BCUT2D eigenvalue weighted by atomic mass is 10.0. The number of urea groups is 2. The Morgan fingerprint density at radius 2 is 1.76 bits per heavy atom. The Morgan fingerprint density at radius 3 is 2.33 bits per heavy atom. The van der Waals surface area contributed by atoms with E-state index in [4.69, 9.17) is 10.8 Å². The lowest BCUT2D eigenvalue weighted by molar-refractivity contribution is 0.0698. The van der Waals surface area contributed by atoms with Crippen molar-refractivity contribution in [2.75, 3.05) is 18.4 Å². The average molecular weight is 294 g/mol. The fourth-order valence-electron chi connectivity index (χ4n) is 1.82. The van der Waals surface area contributed by atoms with Crippen molar-refractivity contribution in [2.45, 2.75) is 13.8 Å². The molecule has 0 spiro atoms. The van der Waals surface area contributed by atoms with Crippen LogP contribution in [0.25, 0.3) is 0 Å². The van der Waals surface area contributed by atoms with Gasteiger partial charge in [-0.25, -0.2) is 14.4 Å². The summed E-state index contributed by atoms with van der Waals surface area (Å²) in [5, 5.41) is 16.5. The van der Waals surface area contributed by atoms with Gasteiger partial charge < -0.3 is 26.8 Å². The highest BCUT2D eigenvalue weighted by molar-refractivity contribution is 6.01. The summed E-state index contributed by atoms with van der Waals surface area (Å²) in [7, 11) is 0. The molecule has 0 saturated heterocycles. The predicted molar refractivity (Wildman–Crippen MR) is 77.5 cm³/mol. The van der Waals surface area contributed by atoms with Gasteiger partial charge in [-0.3, -0.25) is 0 Å². The highest BCUT2D eigenvalue weighted by atomic mass is 16.4. The molecule has 0 aromatic heterocycles. The fourth-order valence-corrected chi connectivity index (χ4v) is 1.82. The second-order valence-electron chi connectivity index (χ2n) is 4.48. The third-order valence-corrected chi connectivity index (χ3v) is 2.66. The van der Waals surface area contributed by atoms with Gasteiger partial charge in [-0.05, 0) is 31.0 Å². The maximum atomic E-state index is 11.7. The number of aryl methyl sites for hydroxylation is 2. The molecule has 1 aromatic carbocycles. The maximum absolute atomic E-state index is 11.7. The van der Waals surface area contributed by atoms with E-state index in [1.807, 2.05) is 0 Å². The SMILES string of the molecule is Cc1cc(C)c(NC(=O)NCCNC(N)=O)c(C(=O)O)c1. The molecule has 21 heavy (non-hydrogen) atoms. The Kier molecular flexibility index (Phi) is 5.53. The van der Waals surface area contributed by atoms with Gasteiger partial charge >= 0.3 is 18.0 Å². The Labute approximate surface area is 121 Å². The molecule has 0 aliphatic carbocycles. The lowest BCUT2D eigenvalue weighted by Gasteiger charge is -2.13. The molecule has 0 bridgehead atoms. The van der Waals surface area contributed by atoms with Crippen molar-refractivity contribution in [2.24, 2.45) is 5.73 Å². The molecule has 1 rings (SSSR count). The van der Waals surface area contributed by atoms with Gasteiger partial charge in [0.05, 0.1) is 11.3 Å². The number of aromatic carboxylic acids is 1. The van der Waals surface area contributed by atoms with Crippen molar-refractivity contribution >= 4 is 23.7 Å². The zero-order valence-corrected chi connectivity index (χ0v) is 11.8. The van der Waals surface area contributed by atoms with Crippen molar-refractivity contribution in [1.82, 2.24) is 10.6 Å². The van der Waals surface area contributed by atoms with Crippen molar-refractivity contribution in [3.05, 3.63) is 28.8 Å². The molecule has 0 aliphatic heterocycles. The molecular weight excluding hydrogens is 276 g/mol. The maximum Gasteiger partial charge on any atom is 0.337 e. The Bertz CT molecular complexity index is 572. The third kappa shape index (κ3) is 5.01. The number of benzene rings is 1. The number of hydrogen-bond acceptors (Lipinski definition) is 3. The van der Waals surface area contributed by atoms with Gasteiger partial charge in [0.2, 0.25) is 0 Å². The van der Waals surface area contributed by atoms with Crippen molar-refractivity contribution in [1.29, 1.82) is 0 Å². The number of amides is 4. The summed E-state index contributed by atoms with van der Waals surface area (Å²) in [6.45, 7) is 3.84. The first-order valence-corrected chi connectivity index (χ1v) is 6.24. The summed E-state index contributed by atoms with van der Waals surface area (Å²) >= 11 is 0. The first-order chi connectivity index (χ1) is 9.81. The molecule has 4 amide bonds. The van der Waals surface area contributed by atoms with Crippen LogP contribution in [-0.4, -0.2) is 36.2 Å². The van der Waals surface area contributed by atoms with Crippen molar-refractivity contribution in [3.63, 3.8) is 0 Å². The van der Waals surface area contributed by atoms with Gasteiger partial charge in [0.1, 0.15) is 0 Å². The van der Waals surface area contributed by atoms with E-state index in [9.17, 15) is 14.4 Å². The fraction of sp³-hybridized carbons (Fsp3) is 0.308. The van der Waals surface area contributed by atoms with Crippen molar-refractivity contribution < 1.29 is 19.5 Å². The number of rotatable bonds is 5. The van der Waals surface area contributed by atoms with Crippen LogP contribution >= 0.6 is 0 Å². The van der Waals surface area contributed by atoms with Crippen LogP contribution in [0.2, 0.25) is 0 Å². The molecule has 8 heteroatoms. The first kappa shape index (κ1) is 16.3. The highest BCUT2D eigenvalue weighted by Crippen LogP contribution is 2.22. The molecule has 0 atom stereocenters. The summed E-state index contributed by atoms with van der Waals surface area (Å²) in [4.78, 5) is 33.4. The van der Waals surface area contributed by atoms with E-state index < -0.39 is 18.0 Å². The number of carboxylic acid groups (broad SMARTS) is 1. The summed E-state index contributed by atoms with van der Waals surface area (Å²) in [6, 6.07) is 2.02. The monoisotopic (exact) mass is 294 g/mol. The minimum absolute atomic E-state index is 0.0258. The lowest BCUT2D eigenvalue weighted by Crippen LogP contribution is -2.39. The van der Waals surface area contributed by atoms with E-state index in [0.717, 1.165) is 5.56 Å². The van der Waals surface area contributed by atoms with Crippen LogP contribution in [0.15, 0.2) is 12.1 Å². The Balaban J connectivity index is 2.72. The van der Waals surface area contributed by atoms with E-state index in [-0.39, 0.29) is 24.3 Å². The van der Waals surface area contributed by atoms with Crippen LogP contribution in [0.5, 0.6) is 0 Å². The number of nitrogens with one attached hydrogen (secondary N) is 3. The zero-order valence-electron chi connectivity index (χ0n) is 11.8. The molecule has 0 radical (unpaired) electrons. The first-order valence-electron chi connectivity index (χ1n) is 6.24. The Morgan fingerprint density at radius 1 is 1.14 bits per heavy atom. The van der Waals surface area contributed by atoms with Gasteiger partial charge in [0.15, 0.2) is 0 Å². The van der Waals surface area contributed by atoms with Gasteiger partial charge in [0.25, 0.3) is 0 Å². The van der Waals surface area contributed by atoms with E-state index >= 15 is 0 Å². The topological polar surface area (TPSA) is 134 Å². The molecule has 1 aromatic rings. The summed E-state index contributed by atoms with van der Waals surface area (Å²) < 4.78 is 0. The van der Waals surface area contributed by atoms with E-state index in [0.29, 0.717) is 5.56 Å². The quantitative estimate of drug-likeness (QED) is 0.513. The Hall–Kier alpha value is -2.77. The molecule has 0 saturated carbocycles. The molecule has 6 N–H and O–H groups in total. The molecule has 0 unspecified atom stereocenters. The number of carboxylic acids is 1. The number of nitrogens with two attached hydrogens (primary N) is 1. The summed E-state index contributed by atoms with van der Waals surface area (Å²) in [5.41, 5.74) is 6.59. The van der Waals surface area contributed by atoms with E-state index in [1.54, 1.807) is 19.9 Å². The van der Waals surface area contributed by atoms with Crippen LogP contribution in [0.3, 0.4) is 0 Å². The minimum Gasteiger partial charge on any atom is -0.478 e. The molecule has 8 nitrogen and oxygen atoms in total. The smallest absolute Gasteiger partial charge is 0.337 e. The van der Waals surface area contributed by atoms with E-state index in [2.05, 4.69) is 16.0 Å². The average Bonchev–Trinajstić information content (AvgIpc) is 2.37. The second-order valence-corrected chi connectivity index (χ2v) is 4.48. The minimum atomic E-state index is -1.12. The standard InChI is InChI=1S/C13H18N4O4/c1-7-5-8(2)10(9(6-7)11(18)19)17-13(21)16-4-3-15-12(14)20/h5-6H,3-4H2,1-2H3,(H,18,19)(H3,14,15,20)(H2,16,17,21). The molecule has 114 valence electrons. The summed E-state index contributed by atoms with van der Waals surface area (Å²) in [6.07, 6.45) is 0. The van der Waals surface area contributed by atoms with Crippen LogP contribution < -0.4 is 21.7 Å². The number of primary amides is 1. The third-order valence-electron chi connectivity index (χ3n) is 2.66.